The molecule has 0 saturated heterocycles. The maximum Gasteiger partial charge on any atom is 0.333 e. The number of nitrogens with zero attached hydrogens (tertiary/aromatic N) is 2. The van der Waals surface area contributed by atoms with Crippen molar-refractivity contribution in [2.75, 3.05) is 4.90 Å². The molecule has 0 aliphatic carbocycles. The summed E-state index contributed by atoms with van der Waals surface area (Å²) < 4.78 is 11.9. The van der Waals surface area contributed by atoms with Gasteiger partial charge in [0.05, 0.1) is 16.2 Å². The van der Waals surface area contributed by atoms with Crippen LogP contribution in [0, 0.1) is 17.0 Å². The van der Waals surface area contributed by atoms with E-state index in [0.29, 0.717) is 22.4 Å². The van der Waals surface area contributed by atoms with Crippen molar-refractivity contribution in [3.63, 3.8) is 0 Å². The van der Waals surface area contributed by atoms with Gasteiger partial charge in [-0.15, -0.1) is 0 Å². The number of ether oxygens (including phenoxy) is 2. The van der Waals surface area contributed by atoms with E-state index in [1.807, 2.05) is 24.3 Å². The molecule has 7 nitrogen and oxygen atoms in total. The van der Waals surface area contributed by atoms with Gasteiger partial charge in [-0.05, 0) is 63.7 Å². The smallest absolute Gasteiger partial charge is 0.333 e. The molecule has 0 N–H and O–H groups in total. The molecule has 2 aromatic rings. The standard InChI is InChI=1S/C24H24N2O5S/c1-14(2)23(27)30-13-18-16(5)22-17(12-20(18)26(28)29)10-11-24(31-22)25(15(3)4)19-8-6-7-9-21(19)32-24/h6-12,15H,1,13H2,2-5H3. The highest BCUT2D eigenvalue weighted by Crippen LogP contribution is 2.55. The third kappa shape index (κ3) is 3.54. The highest BCUT2D eigenvalue weighted by molar-refractivity contribution is 8.01. The number of nitro benzene ring substituents is 1. The number of anilines is 1. The van der Waals surface area contributed by atoms with Crippen LogP contribution in [0.5, 0.6) is 5.75 Å². The summed E-state index contributed by atoms with van der Waals surface area (Å²) in [6, 6.07) is 9.73. The van der Waals surface area contributed by atoms with Gasteiger partial charge in [0.1, 0.15) is 12.4 Å². The minimum atomic E-state index is -0.808. The van der Waals surface area contributed by atoms with Crippen molar-refractivity contribution in [1.29, 1.82) is 0 Å². The second-order valence-corrected chi connectivity index (χ2v) is 9.36. The van der Waals surface area contributed by atoms with Crippen LogP contribution in [0.4, 0.5) is 11.4 Å². The van der Waals surface area contributed by atoms with Crippen molar-refractivity contribution in [2.45, 2.75) is 50.3 Å². The molecule has 32 heavy (non-hydrogen) atoms. The molecular formula is C24H24N2O5S. The van der Waals surface area contributed by atoms with Crippen LogP contribution >= 0.6 is 11.8 Å². The van der Waals surface area contributed by atoms with Gasteiger partial charge >= 0.3 is 5.97 Å². The third-order valence-electron chi connectivity index (χ3n) is 5.50. The summed E-state index contributed by atoms with van der Waals surface area (Å²) in [5, 5.41) is 10.9. The summed E-state index contributed by atoms with van der Waals surface area (Å²) >= 11 is 1.59. The molecule has 2 heterocycles. The number of thioether (sulfide) groups is 1. The molecule has 0 bridgehead atoms. The number of hydrogen-bond donors (Lipinski definition) is 0. The quantitative estimate of drug-likeness (QED) is 0.253. The number of carbonyl (C=O) groups excluding carboxylic acids is 1. The highest BCUT2D eigenvalue weighted by Gasteiger charge is 2.48. The van der Waals surface area contributed by atoms with Gasteiger partial charge in [-0.1, -0.05) is 18.7 Å². The Balaban J connectivity index is 1.78. The lowest BCUT2D eigenvalue weighted by molar-refractivity contribution is -0.385. The Morgan fingerprint density at radius 2 is 2.09 bits per heavy atom. The molecule has 1 atom stereocenters. The zero-order chi connectivity index (χ0) is 23.2. The van der Waals surface area contributed by atoms with Gasteiger partial charge in [0.2, 0.25) is 0 Å². The first-order valence-corrected chi connectivity index (χ1v) is 11.1. The molecule has 166 valence electrons. The lowest BCUT2D eigenvalue weighted by Gasteiger charge is -2.42. The molecule has 1 spiro atoms. The Labute approximate surface area is 190 Å². The number of hydrogen-bond acceptors (Lipinski definition) is 7. The summed E-state index contributed by atoms with van der Waals surface area (Å²) in [6.45, 7) is 10.8. The minimum Gasteiger partial charge on any atom is -0.457 e. The molecule has 0 amide bonds. The Hall–Kier alpha value is -3.26. The van der Waals surface area contributed by atoms with E-state index < -0.39 is 15.9 Å². The van der Waals surface area contributed by atoms with E-state index in [-0.39, 0.29) is 23.9 Å². The predicted octanol–water partition coefficient (Wildman–Crippen LogP) is 5.60. The topological polar surface area (TPSA) is 81.9 Å². The largest absolute Gasteiger partial charge is 0.457 e. The second-order valence-electron chi connectivity index (χ2n) is 8.13. The first-order valence-electron chi connectivity index (χ1n) is 10.2. The lowest BCUT2D eigenvalue weighted by Crippen LogP contribution is -2.51. The fraction of sp³-hybridized carbons (Fsp3) is 0.292. The molecular weight excluding hydrogens is 428 g/mol. The van der Waals surface area contributed by atoms with Crippen LogP contribution in [0.2, 0.25) is 0 Å². The van der Waals surface area contributed by atoms with Gasteiger partial charge in [0.15, 0.2) is 0 Å². The zero-order valence-corrected chi connectivity index (χ0v) is 19.2. The number of fused-ring (bicyclic) bond motifs is 2. The molecule has 2 aliphatic heterocycles. The minimum absolute atomic E-state index is 0.108. The van der Waals surface area contributed by atoms with Gasteiger partial charge in [0, 0.05) is 33.7 Å². The van der Waals surface area contributed by atoms with Crippen LogP contribution in [0.3, 0.4) is 0 Å². The van der Waals surface area contributed by atoms with Crippen LogP contribution in [0.25, 0.3) is 6.08 Å². The number of nitro groups is 1. The molecule has 0 radical (unpaired) electrons. The van der Waals surface area contributed by atoms with Crippen LogP contribution in [0.1, 0.15) is 37.5 Å². The fourth-order valence-electron chi connectivity index (χ4n) is 4.03. The molecule has 2 aromatic carbocycles. The summed E-state index contributed by atoms with van der Waals surface area (Å²) in [4.78, 5) is 26.5. The molecule has 2 aliphatic rings. The SMILES string of the molecule is C=C(C)C(=O)OCc1c([N+](=O)[O-])cc2c(c1C)OC1(C=C2)Sc2ccccc2N1C(C)C. The summed E-state index contributed by atoms with van der Waals surface area (Å²) in [7, 11) is 0. The molecule has 1 unspecified atom stereocenters. The molecule has 4 rings (SSSR count). The normalized spacial score (nSPS) is 18.3. The fourth-order valence-corrected chi connectivity index (χ4v) is 5.43. The summed E-state index contributed by atoms with van der Waals surface area (Å²) in [6.07, 6.45) is 3.82. The van der Waals surface area contributed by atoms with Crippen molar-refractivity contribution < 1.29 is 19.2 Å². The number of benzene rings is 2. The van der Waals surface area contributed by atoms with Crippen molar-refractivity contribution in [1.82, 2.24) is 0 Å². The van der Waals surface area contributed by atoms with E-state index in [0.717, 1.165) is 10.6 Å². The predicted molar refractivity (Wildman–Crippen MR) is 125 cm³/mol. The van der Waals surface area contributed by atoms with Crippen LogP contribution in [-0.2, 0) is 16.1 Å². The Morgan fingerprint density at radius 1 is 1.38 bits per heavy atom. The zero-order valence-electron chi connectivity index (χ0n) is 18.4. The highest BCUT2D eigenvalue weighted by atomic mass is 32.2. The first-order chi connectivity index (χ1) is 15.1. The van der Waals surface area contributed by atoms with Crippen LogP contribution < -0.4 is 9.64 Å². The second kappa shape index (κ2) is 8.02. The van der Waals surface area contributed by atoms with E-state index in [2.05, 4.69) is 37.5 Å². The average Bonchev–Trinajstić information content (AvgIpc) is 3.06. The van der Waals surface area contributed by atoms with Crippen molar-refractivity contribution in [2.24, 2.45) is 0 Å². The van der Waals surface area contributed by atoms with E-state index in [9.17, 15) is 14.9 Å². The van der Waals surface area contributed by atoms with Gasteiger partial charge in [0.25, 0.3) is 10.7 Å². The van der Waals surface area contributed by atoms with E-state index >= 15 is 0 Å². The number of carbonyl (C=O) groups is 1. The maximum atomic E-state index is 11.9. The average molecular weight is 453 g/mol. The maximum absolute atomic E-state index is 11.9. The molecule has 0 fully saturated rings. The van der Waals surface area contributed by atoms with Crippen LogP contribution in [-0.4, -0.2) is 22.0 Å². The van der Waals surface area contributed by atoms with Crippen molar-refractivity contribution in [3.8, 4) is 5.75 Å². The van der Waals surface area contributed by atoms with Gasteiger partial charge in [-0.3, -0.25) is 10.1 Å². The van der Waals surface area contributed by atoms with Gasteiger partial charge in [-0.25, -0.2) is 4.79 Å². The van der Waals surface area contributed by atoms with Gasteiger partial charge < -0.3 is 14.4 Å². The van der Waals surface area contributed by atoms with E-state index in [1.165, 1.54) is 13.0 Å². The monoisotopic (exact) mass is 452 g/mol. The van der Waals surface area contributed by atoms with E-state index in [4.69, 9.17) is 9.47 Å². The molecule has 8 heteroatoms. The van der Waals surface area contributed by atoms with Crippen molar-refractivity contribution >= 4 is 35.2 Å². The molecule has 0 saturated carbocycles. The number of para-hydroxylation sites is 1. The Bertz CT molecular complexity index is 1170. The Morgan fingerprint density at radius 3 is 2.75 bits per heavy atom. The Kier molecular flexibility index (Phi) is 5.50. The summed E-state index contributed by atoms with van der Waals surface area (Å²) in [5.41, 5.74) is 2.71. The van der Waals surface area contributed by atoms with Gasteiger partial charge in [-0.2, -0.15) is 0 Å². The van der Waals surface area contributed by atoms with Crippen LogP contribution in [0.15, 0.2) is 53.5 Å². The first kappa shape index (κ1) is 22.0. The lowest BCUT2D eigenvalue weighted by atomic mass is 9.99. The molecule has 0 aromatic heterocycles. The van der Waals surface area contributed by atoms with E-state index in [1.54, 1.807) is 18.7 Å². The number of rotatable bonds is 5. The number of esters is 1. The summed E-state index contributed by atoms with van der Waals surface area (Å²) in [5.74, 6) is -0.0492. The third-order valence-corrected chi connectivity index (χ3v) is 6.78. The van der Waals surface area contributed by atoms with Crippen molar-refractivity contribution in [3.05, 3.63) is 75.4 Å².